The molecule has 0 radical (unpaired) electrons. The normalized spacial score (nSPS) is 14.0. The minimum atomic E-state index is -3.99. The molecule has 8 heteroatoms. The Labute approximate surface area is 75.8 Å². The SMILES string of the molecule is COS(=O)(=O)OCCC(N)C(=O)O. The summed E-state index contributed by atoms with van der Waals surface area (Å²) >= 11 is 0. The van der Waals surface area contributed by atoms with Crippen LogP contribution >= 0.6 is 0 Å². The highest BCUT2D eigenvalue weighted by molar-refractivity contribution is 7.81. The molecule has 0 aliphatic heterocycles. The van der Waals surface area contributed by atoms with E-state index in [4.69, 9.17) is 10.8 Å². The van der Waals surface area contributed by atoms with Crippen molar-refractivity contribution in [2.75, 3.05) is 13.7 Å². The summed E-state index contributed by atoms with van der Waals surface area (Å²) in [4.78, 5) is 10.2. The molecule has 0 aliphatic carbocycles. The van der Waals surface area contributed by atoms with Crippen LogP contribution in [-0.2, 0) is 23.6 Å². The Hall–Kier alpha value is -0.700. The highest BCUT2D eigenvalue weighted by Crippen LogP contribution is 1.96. The highest BCUT2D eigenvalue weighted by Gasteiger charge is 2.14. The van der Waals surface area contributed by atoms with E-state index < -0.39 is 22.4 Å². The van der Waals surface area contributed by atoms with Crippen LogP contribution < -0.4 is 5.73 Å². The molecule has 0 amide bonds. The van der Waals surface area contributed by atoms with Crippen LogP contribution in [0.25, 0.3) is 0 Å². The first kappa shape index (κ1) is 12.3. The zero-order valence-electron chi connectivity index (χ0n) is 6.97. The number of rotatable bonds is 6. The number of carbonyl (C=O) groups is 1. The summed E-state index contributed by atoms with van der Waals surface area (Å²) in [7, 11) is -3.05. The second kappa shape index (κ2) is 5.12. The van der Waals surface area contributed by atoms with Gasteiger partial charge >= 0.3 is 16.4 Å². The van der Waals surface area contributed by atoms with E-state index >= 15 is 0 Å². The molecule has 0 fully saturated rings. The van der Waals surface area contributed by atoms with Gasteiger partial charge in [-0.05, 0) is 6.42 Å². The van der Waals surface area contributed by atoms with Gasteiger partial charge in [0.05, 0.1) is 13.7 Å². The van der Waals surface area contributed by atoms with Crippen LogP contribution in [0.4, 0.5) is 0 Å². The third kappa shape index (κ3) is 5.53. The molecule has 0 aliphatic rings. The minimum Gasteiger partial charge on any atom is -0.480 e. The fourth-order valence-corrected chi connectivity index (χ4v) is 0.845. The molecule has 0 aromatic heterocycles. The van der Waals surface area contributed by atoms with Gasteiger partial charge in [0, 0.05) is 0 Å². The fourth-order valence-electron chi connectivity index (χ4n) is 0.449. The summed E-state index contributed by atoms with van der Waals surface area (Å²) < 4.78 is 29.2. The van der Waals surface area contributed by atoms with E-state index in [1.54, 1.807) is 0 Å². The number of aliphatic carboxylic acids is 1. The Bertz CT molecular complexity index is 260. The Morgan fingerprint density at radius 2 is 2.15 bits per heavy atom. The second-order valence-corrected chi connectivity index (χ2v) is 3.52. The fraction of sp³-hybridized carbons (Fsp3) is 0.800. The summed E-state index contributed by atoms with van der Waals surface area (Å²) in [6, 6.07) is -1.13. The molecule has 0 aromatic rings. The van der Waals surface area contributed by atoms with Crippen molar-refractivity contribution in [3.05, 3.63) is 0 Å². The summed E-state index contributed by atoms with van der Waals surface area (Å²) in [5.41, 5.74) is 5.07. The van der Waals surface area contributed by atoms with Crippen LogP contribution in [0.3, 0.4) is 0 Å². The van der Waals surface area contributed by atoms with E-state index in [9.17, 15) is 13.2 Å². The summed E-state index contributed by atoms with van der Waals surface area (Å²) in [6.07, 6.45) is -0.0993. The molecule has 1 unspecified atom stereocenters. The summed E-state index contributed by atoms with van der Waals surface area (Å²) in [5.74, 6) is -1.21. The monoisotopic (exact) mass is 213 g/mol. The molecule has 0 aromatic carbocycles. The minimum absolute atomic E-state index is 0.0993. The molecule has 0 rings (SSSR count). The third-order valence-electron chi connectivity index (χ3n) is 1.18. The van der Waals surface area contributed by atoms with Crippen LogP contribution in [0.15, 0.2) is 0 Å². The van der Waals surface area contributed by atoms with Crippen molar-refractivity contribution in [3.8, 4) is 0 Å². The zero-order chi connectivity index (χ0) is 10.5. The van der Waals surface area contributed by atoms with Gasteiger partial charge in [0.1, 0.15) is 6.04 Å². The van der Waals surface area contributed by atoms with E-state index in [0.29, 0.717) is 0 Å². The van der Waals surface area contributed by atoms with Crippen molar-refractivity contribution in [2.24, 2.45) is 5.73 Å². The van der Waals surface area contributed by atoms with Gasteiger partial charge in [-0.25, -0.2) is 4.18 Å². The number of hydrogen-bond donors (Lipinski definition) is 2. The standard InChI is InChI=1S/C5H11NO6S/c1-11-13(9,10)12-3-2-4(6)5(7)8/h4H,2-3,6H2,1H3,(H,7,8). The molecule has 78 valence electrons. The van der Waals surface area contributed by atoms with Crippen LogP contribution in [0, 0.1) is 0 Å². The van der Waals surface area contributed by atoms with Gasteiger partial charge in [-0.15, -0.1) is 0 Å². The largest absolute Gasteiger partial charge is 0.480 e. The first-order chi connectivity index (χ1) is 5.89. The highest BCUT2D eigenvalue weighted by atomic mass is 32.3. The van der Waals surface area contributed by atoms with E-state index in [1.807, 2.05) is 0 Å². The van der Waals surface area contributed by atoms with Crippen LogP contribution in [0.1, 0.15) is 6.42 Å². The average molecular weight is 213 g/mol. The number of carboxylic acids is 1. The van der Waals surface area contributed by atoms with Gasteiger partial charge in [-0.3, -0.25) is 8.98 Å². The number of hydrogen-bond acceptors (Lipinski definition) is 6. The Balaban J connectivity index is 3.75. The van der Waals surface area contributed by atoms with Gasteiger partial charge < -0.3 is 10.8 Å². The molecule has 7 nitrogen and oxygen atoms in total. The first-order valence-corrected chi connectivity index (χ1v) is 4.65. The van der Waals surface area contributed by atoms with Gasteiger partial charge in [0.15, 0.2) is 0 Å². The van der Waals surface area contributed by atoms with Gasteiger partial charge in [0.2, 0.25) is 0 Å². The zero-order valence-corrected chi connectivity index (χ0v) is 7.78. The summed E-state index contributed by atoms with van der Waals surface area (Å²) in [5, 5.41) is 8.31. The Morgan fingerprint density at radius 1 is 1.62 bits per heavy atom. The van der Waals surface area contributed by atoms with E-state index in [1.165, 1.54) is 0 Å². The van der Waals surface area contributed by atoms with Crippen molar-refractivity contribution < 1.29 is 26.7 Å². The average Bonchev–Trinajstić information content (AvgIpc) is 2.04. The lowest BCUT2D eigenvalue weighted by Crippen LogP contribution is -2.31. The van der Waals surface area contributed by atoms with Gasteiger partial charge in [0.25, 0.3) is 0 Å². The Kier molecular flexibility index (Phi) is 4.85. The first-order valence-electron chi connectivity index (χ1n) is 3.32. The van der Waals surface area contributed by atoms with Gasteiger partial charge in [-0.2, -0.15) is 8.42 Å². The van der Waals surface area contributed by atoms with Crippen LogP contribution in [0.2, 0.25) is 0 Å². The molecular formula is C5H11NO6S. The van der Waals surface area contributed by atoms with E-state index in [0.717, 1.165) is 7.11 Å². The molecule has 3 N–H and O–H groups in total. The van der Waals surface area contributed by atoms with Crippen LogP contribution in [-0.4, -0.2) is 39.3 Å². The van der Waals surface area contributed by atoms with Crippen molar-refractivity contribution in [2.45, 2.75) is 12.5 Å². The van der Waals surface area contributed by atoms with Crippen molar-refractivity contribution in [1.82, 2.24) is 0 Å². The predicted molar refractivity (Wildman–Crippen MR) is 42.1 cm³/mol. The molecule has 0 saturated heterocycles. The lowest BCUT2D eigenvalue weighted by Gasteiger charge is -2.05. The topological polar surface area (TPSA) is 116 Å². The number of nitrogens with two attached hydrogens (primary N) is 1. The lowest BCUT2D eigenvalue weighted by atomic mass is 10.2. The molecule has 1 atom stereocenters. The Morgan fingerprint density at radius 3 is 2.54 bits per heavy atom. The van der Waals surface area contributed by atoms with Crippen molar-refractivity contribution in [3.63, 3.8) is 0 Å². The third-order valence-corrected chi connectivity index (χ3v) is 2.04. The molecule has 0 bridgehead atoms. The number of carboxylic acid groups (broad SMARTS) is 1. The van der Waals surface area contributed by atoms with E-state index in [-0.39, 0.29) is 13.0 Å². The van der Waals surface area contributed by atoms with Crippen molar-refractivity contribution >= 4 is 16.4 Å². The predicted octanol–water partition coefficient (Wildman–Crippen LogP) is -1.30. The van der Waals surface area contributed by atoms with E-state index in [2.05, 4.69) is 8.37 Å². The molecule has 0 spiro atoms. The quantitative estimate of drug-likeness (QED) is 0.563. The maximum absolute atomic E-state index is 10.5. The maximum atomic E-state index is 10.5. The van der Waals surface area contributed by atoms with Crippen LogP contribution in [0.5, 0.6) is 0 Å². The molecule has 0 saturated carbocycles. The second-order valence-electron chi connectivity index (χ2n) is 2.13. The molecule has 0 heterocycles. The molecule has 13 heavy (non-hydrogen) atoms. The van der Waals surface area contributed by atoms with Crippen molar-refractivity contribution in [1.29, 1.82) is 0 Å². The lowest BCUT2D eigenvalue weighted by molar-refractivity contribution is -0.138. The summed E-state index contributed by atoms with van der Waals surface area (Å²) in [6.45, 7) is -0.316. The van der Waals surface area contributed by atoms with Gasteiger partial charge in [-0.1, -0.05) is 0 Å². The maximum Gasteiger partial charge on any atom is 0.399 e. The smallest absolute Gasteiger partial charge is 0.399 e. The molecular weight excluding hydrogens is 202 g/mol.